The number of β-amino-alcohol motifs (C(OH)–C–C–N with tert-alkyl or cyclic N) is 1. The summed E-state index contributed by atoms with van der Waals surface area (Å²) in [5.41, 5.74) is 1.36. The van der Waals surface area contributed by atoms with Crippen molar-refractivity contribution in [3.63, 3.8) is 0 Å². The molecular formula is C16H26N2O. The first-order valence-corrected chi connectivity index (χ1v) is 7.36. The van der Waals surface area contributed by atoms with Crippen LogP contribution in [0.5, 0.6) is 0 Å². The van der Waals surface area contributed by atoms with Gasteiger partial charge in [-0.1, -0.05) is 43.7 Å². The molecule has 0 aromatic heterocycles. The number of nitrogens with zero attached hydrogens (tertiary/aromatic N) is 2. The predicted octanol–water partition coefficient (Wildman–Crippen LogP) is 2.14. The van der Waals surface area contributed by atoms with E-state index in [0.29, 0.717) is 6.04 Å². The van der Waals surface area contributed by atoms with Crippen molar-refractivity contribution < 1.29 is 5.11 Å². The molecule has 0 bridgehead atoms. The van der Waals surface area contributed by atoms with Crippen LogP contribution in [-0.4, -0.2) is 54.2 Å². The Labute approximate surface area is 116 Å². The monoisotopic (exact) mass is 262 g/mol. The summed E-state index contributed by atoms with van der Waals surface area (Å²) in [6.07, 6.45) is 1.75. The SMILES string of the molecule is CCCC(O)CN1CCN(C)CC1c1ccccc1. The first kappa shape index (κ1) is 14.5. The molecule has 1 fully saturated rings. The van der Waals surface area contributed by atoms with Crippen molar-refractivity contribution in [3.05, 3.63) is 35.9 Å². The first-order chi connectivity index (χ1) is 9.20. The normalized spacial score (nSPS) is 23.4. The number of piperazine rings is 1. The predicted molar refractivity (Wildman–Crippen MR) is 79.2 cm³/mol. The van der Waals surface area contributed by atoms with Gasteiger partial charge < -0.3 is 10.0 Å². The van der Waals surface area contributed by atoms with E-state index < -0.39 is 0 Å². The van der Waals surface area contributed by atoms with Gasteiger partial charge in [-0.2, -0.15) is 0 Å². The summed E-state index contributed by atoms with van der Waals surface area (Å²) < 4.78 is 0. The number of hydrogen-bond acceptors (Lipinski definition) is 3. The molecule has 1 aliphatic heterocycles. The van der Waals surface area contributed by atoms with Gasteiger partial charge >= 0.3 is 0 Å². The molecule has 19 heavy (non-hydrogen) atoms. The van der Waals surface area contributed by atoms with Crippen LogP contribution in [0.3, 0.4) is 0 Å². The smallest absolute Gasteiger partial charge is 0.0667 e. The highest BCUT2D eigenvalue weighted by atomic mass is 16.3. The van der Waals surface area contributed by atoms with Crippen molar-refractivity contribution in [1.29, 1.82) is 0 Å². The Morgan fingerprint density at radius 2 is 2.00 bits per heavy atom. The van der Waals surface area contributed by atoms with E-state index >= 15 is 0 Å². The molecule has 0 radical (unpaired) electrons. The maximum Gasteiger partial charge on any atom is 0.0667 e. The van der Waals surface area contributed by atoms with Crippen molar-refractivity contribution in [3.8, 4) is 0 Å². The van der Waals surface area contributed by atoms with Gasteiger partial charge in [0.15, 0.2) is 0 Å². The second-order valence-electron chi connectivity index (χ2n) is 5.63. The van der Waals surface area contributed by atoms with Crippen LogP contribution in [0.4, 0.5) is 0 Å². The second-order valence-corrected chi connectivity index (χ2v) is 5.63. The lowest BCUT2D eigenvalue weighted by atomic mass is 10.0. The number of likely N-dealkylation sites (N-methyl/N-ethyl adjacent to an activating group) is 1. The highest BCUT2D eigenvalue weighted by molar-refractivity contribution is 5.20. The van der Waals surface area contributed by atoms with E-state index in [1.807, 2.05) is 0 Å². The Morgan fingerprint density at radius 3 is 2.68 bits per heavy atom. The fraction of sp³-hybridized carbons (Fsp3) is 0.625. The van der Waals surface area contributed by atoms with Gasteiger partial charge in [0.2, 0.25) is 0 Å². The topological polar surface area (TPSA) is 26.7 Å². The molecule has 1 heterocycles. The van der Waals surface area contributed by atoms with Crippen molar-refractivity contribution in [2.75, 3.05) is 33.2 Å². The molecule has 0 amide bonds. The van der Waals surface area contributed by atoms with E-state index in [2.05, 4.69) is 54.1 Å². The average molecular weight is 262 g/mol. The van der Waals surface area contributed by atoms with Crippen LogP contribution in [-0.2, 0) is 0 Å². The summed E-state index contributed by atoms with van der Waals surface area (Å²) in [7, 11) is 2.18. The van der Waals surface area contributed by atoms with Crippen LogP contribution in [0.15, 0.2) is 30.3 Å². The number of hydrogen-bond donors (Lipinski definition) is 1. The summed E-state index contributed by atoms with van der Waals surface area (Å²) >= 11 is 0. The van der Waals surface area contributed by atoms with Crippen LogP contribution in [0.1, 0.15) is 31.4 Å². The summed E-state index contributed by atoms with van der Waals surface area (Å²) in [6, 6.07) is 11.1. The lowest BCUT2D eigenvalue weighted by molar-refractivity contribution is 0.0373. The molecular weight excluding hydrogens is 236 g/mol. The molecule has 1 aliphatic rings. The standard InChI is InChI=1S/C16H26N2O/c1-3-7-15(19)12-18-11-10-17(2)13-16(18)14-8-5-4-6-9-14/h4-6,8-9,15-16,19H,3,7,10-13H2,1-2H3. The highest BCUT2D eigenvalue weighted by Crippen LogP contribution is 2.25. The molecule has 1 aromatic carbocycles. The van der Waals surface area contributed by atoms with Gasteiger partial charge in [0.05, 0.1) is 6.10 Å². The molecule has 2 unspecified atom stereocenters. The van der Waals surface area contributed by atoms with Gasteiger partial charge in [0.1, 0.15) is 0 Å². The van der Waals surface area contributed by atoms with Crippen LogP contribution >= 0.6 is 0 Å². The van der Waals surface area contributed by atoms with Crippen molar-refractivity contribution >= 4 is 0 Å². The molecule has 1 saturated heterocycles. The third-order valence-corrected chi connectivity index (χ3v) is 3.95. The Morgan fingerprint density at radius 1 is 1.26 bits per heavy atom. The highest BCUT2D eigenvalue weighted by Gasteiger charge is 2.27. The van der Waals surface area contributed by atoms with E-state index in [1.54, 1.807) is 0 Å². The molecule has 3 heteroatoms. The molecule has 2 atom stereocenters. The Hall–Kier alpha value is -0.900. The molecule has 2 rings (SSSR count). The van der Waals surface area contributed by atoms with E-state index in [1.165, 1.54) is 5.56 Å². The Bertz CT molecular complexity index is 368. The average Bonchev–Trinajstić information content (AvgIpc) is 2.42. The van der Waals surface area contributed by atoms with Crippen molar-refractivity contribution in [2.45, 2.75) is 31.9 Å². The largest absolute Gasteiger partial charge is 0.392 e. The van der Waals surface area contributed by atoms with Crippen LogP contribution in [0, 0.1) is 0 Å². The van der Waals surface area contributed by atoms with Gasteiger partial charge in [0.25, 0.3) is 0 Å². The minimum atomic E-state index is -0.195. The first-order valence-electron chi connectivity index (χ1n) is 7.36. The summed E-state index contributed by atoms with van der Waals surface area (Å²) in [4.78, 5) is 4.82. The summed E-state index contributed by atoms with van der Waals surface area (Å²) in [5, 5.41) is 10.1. The van der Waals surface area contributed by atoms with Gasteiger partial charge in [0, 0.05) is 32.2 Å². The maximum absolute atomic E-state index is 10.1. The molecule has 3 nitrogen and oxygen atoms in total. The zero-order chi connectivity index (χ0) is 13.7. The van der Waals surface area contributed by atoms with Crippen LogP contribution in [0.2, 0.25) is 0 Å². The minimum Gasteiger partial charge on any atom is -0.392 e. The van der Waals surface area contributed by atoms with Gasteiger partial charge in [-0.15, -0.1) is 0 Å². The number of aliphatic hydroxyl groups is 1. The zero-order valence-electron chi connectivity index (χ0n) is 12.1. The number of aliphatic hydroxyl groups excluding tert-OH is 1. The minimum absolute atomic E-state index is 0.195. The molecule has 0 aliphatic carbocycles. The van der Waals surface area contributed by atoms with E-state index in [0.717, 1.165) is 39.0 Å². The molecule has 1 N–H and O–H groups in total. The van der Waals surface area contributed by atoms with E-state index in [4.69, 9.17) is 0 Å². The van der Waals surface area contributed by atoms with Crippen molar-refractivity contribution in [2.24, 2.45) is 0 Å². The van der Waals surface area contributed by atoms with Crippen LogP contribution in [0.25, 0.3) is 0 Å². The van der Waals surface area contributed by atoms with Crippen LogP contribution < -0.4 is 0 Å². The van der Waals surface area contributed by atoms with Gasteiger partial charge in [-0.3, -0.25) is 4.90 Å². The van der Waals surface area contributed by atoms with E-state index in [9.17, 15) is 5.11 Å². The second kappa shape index (κ2) is 7.04. The zero-order valence-corrected chi connectivity index (χ0v) is 12.1. The van der Waals surface area contributed by atoms with E-state index in [-0.39, 0.29) is 6.10 Å². The van der Waals surface area contributed by atoms with Crippen molar-refractivity contribution in [1.82, 2.24) is 9.80 Å². The fourth-order valence-corrected chi connectivity index (χ4v) is 2.86. The third kappa shape index (κ3) is 4.03. The molecule has 0 spiro atoms. The molecule has 106 valence electrons. The lowest BCUT2D eigenvalue weighted by Crippen LogP contribution is -2.49. The summed E-state index contributed by atoms with van der Waals surface area (Å²) in [6.45, 7) is 6.09. The summed E-state index contributed by atoms with van der Waals surface area (Å²) in [5.74, 6) is 0. The Balaban J connectivity index is 2.06. The maximum atomic E-state index is 10.1. The third-order valence-electron chi connectivity index (χ3n) is 3.95. The Kier molecular flexibility index (Phi) is 5.37. The quantitative estimate of drug-likeness (QED) is 0.880. The van der Waals surface area contributed by atoms with Gasteiger partial charge in [-0.25, -0.2) is 0 Å². The fourth-order valence-electron chi connectivity index (χ4n) is 2.86. The molecule has 1 aromatic rings. The lowest BCUT2D eigenvalue weighted by Gasteiger charge is -2.41. The number of rotatable bonds is 5. The number of benzene rings is 1. The molecule has 0 saturated carbocycles. The van der Waals surface area contributed by atoms with Gasteiger partial charge in [-0.05, 0) is 19.0 Å².